The van der Waals surface area contributed by atoms with Crippen LogP contribution < -0.4 is 4.90 Å². The lowest BCUT2D eigenvalue weighted by molar-refractivity contribution is -0.118. The van der Waals surface area contributed by atoms with E-state index in [-0.39, 0.29) is 17.9 Å². The van der Waals surface area contributed by atoms with Crippen molar-refractivity contribution in [2.24, 2.45) is 0 Å². The van der Waals surface area contributed by atoms with E-state index in [1.165, 1.54) is 11.3 Å². The first-order chi connectivity index (χ1) is 9.96. The Hall–Kier alpha value is -1.43. The summed E-state index contributed by atoms with van der Waals surface area (Å²) in [5, 5.41) is 0.586. The minimum atomic E-state index is -0.370. The van der Waals surface area contributed by atoms with Crippen LogP contribution in [0.1, 0.15) is 62.3 Å². The molecule has 0 aromatic carbocycles. The van der Waals surface area contributed by atoms with Crippen molar-refractivity contribution in [2.75, 3.05) is 11.5 Å². The number of aryl methyl sites for hydroxylation is 1. The van der Waals surface area contributed by atoms with Gasteiger partial charge in [0.2, 0.25) is 5.91 Å². The second kappa shape index (κ2) is 8.12. The number of carbonyl (C=O) groups excluding carboxylic acids is 2. The monoisotopic (exact) mass is 312 g/mol. The van der Waals surface area contributed by atoms with Crippen LogP contribution in [0.3, 0.4) is 0 Å². The molecule has 0 spiro atoms. The molecule has 0 saturated carbocycles. The molecular weight excluding hydrogens is 288 g/mol. The summed E-state index contributed by atoms with van der Waals surface area (Å²) in [7, 11) is 0. The average Bonchev–Trinajstić information content (AvgIpc) is 2.81. The van der Waals surface area contributed by atoms with Crippen molar-refractivity contribution in [1.82, 2.24) is 4.98 Å². The van der Waals surface area contributed by atoms with Gasteiger partial charge in [-0.3, -0.25) is 9.69 Å². The number of hydrogen-bond acceptors (Lipinski definition) is 5. The molecule has 21 heavy (non-hydrogen) atoms. The summed E-state index contributed by atoms with van der Waals surface area (Å²) in [6.07, 6.45) is 2.31. The van der Waals surface area contributed by atoms with Gasteiger partial charge in [-0.2, -0.15) is 0 Å². The second-order valence-corrected chi connectivity index (χ2v) is 5.86. The van der Waals surface area contributed by atoms with Crippen molar-refractivity contribution in [3.63, 3.8) is 0 Å². The number of nitrogens with zero attached hydrogens (tertiary/aromatic N) is 2. The Kier molecular flexibility index (Phi) is 6.81. The fourth-order valence-electron chi connectivity index (χ4n) is 2.13. The summed E-state index contributed by atoms with van der Waals surface area (Å²) in [5.74, 6) is -0.342. The van der Waals surface area contributed by atoms with Crippen LogP contribution in [0.15, 0.2) is 0 Å². The van der Waals surface area contributed by atoms with Gasteiger partial charge < -0.3 is 4.74 Å². The molecule has 0 saturated heterocycles. The number of thiazole rings is 1. The molecule has 0 aliphatic carbocycles. The molecule has 1 rings (SSSR count). The Morgan fingerprint density at radius 1 is 1.33 bits per heavy atom. The van der Waals surface area contributed by atoms with Gasteiger partial charge in [0.05, 0.1) is 12.3 Å². The third-order valence-corrected chi connectivity index (χ3v) is 4.31. The van der Waals surface area contributed by atoms with E-state index in [4.69, 9.17) is 4.74 Å². The van der Waals surface area contributed by atoms with Crippen molar-refractivity contribution in [2.45, 2.75) is 59.9 Å². The van der Waals surface area contributed by atoms with Crippen LogP contribution in [-0.2, 0) is 9.53 Å². The molecule has 1 amide bonds. The summed E-state index contributed by atoms with van der Waals surface area (Å²) in [5.41, 5.74) is 0.617. The summed E-state index contributed by atoms with van der Waals surface area (Å²) >= 11 is 1.23. The largest absolute Gasteiger partial charge is 0.462 e. The zero-order valence-electron chi connectivity index (χ0n) is 13.4. The summed E-state index contributed by atoms with van der Waals surface area (Å²) in [6, 6.07) is 0.0723. The first-order valence-corrected chi connectivity index (χ1v) is 8.24. The van der Waals surface area contributed by atoms with E-state index < -0.39 is 0 Å². The number of rotatable bonds is 7. The Morgan fingerprint density at radius 3 is 2.52 bits per heavy atom. The predicted octanol–water partition coefficient (Wildman–Crippen LogP) is 3.56. The van der Waals surface area contributed by atoms with Gasteiger partial charge in [0, 0.05) is 12.5 Å². The molecule has 0 radical (unpaired) electrons. The van der Waals surface area contributed by atoms with Crippen LogP contribution in [0.2, 0.25) is 0 Å². The van der Waals surface area contributed by atoms with Crippen LogP contribution in [0.25, 0.3) is 0 Å². The maximum atomic E-state index is 12.2. The van der Waals surface area contributed by atoms with Gasteiger partial charge >= 0.3 is 5.97 Å². The molecule has 0 N–H and O–H groups in total. The molecule has 6 heteroatoms. The normalized spacial score (nSPS) is 12.0. The van der Waals surface area contributed by atoms with Gasteiger partial charge in [-0.05, 0) is 27.2 Å². The van der Waals surface area contributed by atoms with Crippen molar-refractivity contribution < 1.29 is 14.3 Å². The maximum Gasteiger partial charge on any atom is 0.350 e. The lowest BCUT2D eigenvalue weighted by atomic mass is 10.1. The maximum absolute atomic E-state index is 12.2. The highest BCUT2D eigenvalue weighted by Crippen LogP contribution is 2.29. The molecular formula is C15H24N2O3S. The first-order valence-electron chi connectivity index (χ1n) is 7.42. The lowest BCUT2D eigenvalue weighted by Crippen LogP contribution is -2.38. The molecule has 0 bridgehead atoms. The number of ether oxygens (including phenoxy) is 1. The molecule has 118 valence electrons. The van der Waals surface area contributed by atoms with E-state index in [0.717, 1.165) is 12.8 Å². The van der Waals surface area contributed by atoms with Crippen molar-refractivity contribution in [3.8, 4) is 0 Å². The molecule has 0 aliphatic heterocycles. The molecule has 1 aromatic heterocycles. The average molecular weight is 312 g/mol. The highest BCUT2D eigenvalue weighted by Gasteiger charge is 2.26. The highest BCUT2D eigenvalue weighted by atomic mass is 32.1. The Bertz CT molecular complexity index is 499. The molecule has 0 aliphatic rings. The summed E-state index contributed by atoms with van der Waals surface area (Å²) in [4.78, 5) is 30.7. The van der Waals surface area contributed by atoms with E-state index in [1.54, 1.807) is 18.7 Å². The van der Waals surface area contributed by atoms with Crippen LogP contribution in [0, 0.1) is 6.92 Å². The molecule has 1 unspecified atom stereocenters. The number of esters is 1. The van der Waals surface area contributed by atoms with Gasteiger partial charge in [-0.1, -0.05) is 31.6 Å². The van der Waals surface area contributed by atoms with E-state index in [9.17, 15) is 9.59 Å². The van der Waals surface area contributed by atoms with Crippen LogP contribution in [-0.4, -0.2) is 29.5 Å². The number of hydrogen-bond donors (Lipinski definition) is 0. The minimum Gasteiger partial charge on any atom is -0.462 e. The minimum absolute atomic E-state index is 0.0279. The standard InChI is InChI=1S/C15H24N2O3S/c1-6-9-10(4)17(12(18)7-2)15-16-11(5)13(21-15)14(19)20-8-3/h10H,6-9H2,1-5H3. The van der Waals surface area contributed by atoms with Gasteiger partial charge in [0.25, 0.3) is 0 Å². The van der Waals surface area contributed by atoms with E-state index in [0.29, 0.717) is 28.7 Å². The summed E-state index contributed by atoms with van der Waals surface area (Å²) in [6.45, 7) is 9.80. The fourth-order valence-corrected chi connectivity index (χ4v) is 3.21. The number of aromatic nitrogens is 1. The lowest BCUT2D eigenvalue weighted by Gasteiger charge is -2.26. The molecule has 1 aromatic rings. The zero-order chi connectivity index (χ0) is 16.0. The first kappa shape index (κ1) is 17.6. The molecule has 5 nitrogen and oxygen atoms in total. The van der Waals surface area contributed by atoms with Crippen LogP contribution in [0.5, 0.6) is 0 Å². The Morgan fingerprint density at radius 2 is 2.00 bits per heavy atom. The smallest absolute Gasteiger partial charge is 0.350 e. The third-order valence-electron chi connectivity index (χ3n) is 3.17. The van der Waals surface area contributed by atoms with Gasteiger partial charge in [-0.15, -0.1) is 0 Å². The SMILES string of the molecule is CCCC(C)N(C(=O)CC)c1nc(C)c(C(=O)OCC)s1. The van der Waals surface area contributed by atoms with E-state index in [1.807, 2.05) is 13.8 Å². The topological polar surface area (TPSA) is 59.5 Å². The van der Waals surface area contributed by atoms with Gasteiger partial charge in [-0.25, -0.2) is 9.78 Å². The Balaban J connectivity index is 3.11. The molecule has 0 fully saturated rings. The van der Waals surface area contributed by atoms with Crippen LogP contribution >= 0.6 is 11.3 Å². The van der Waals surface area contributed by atoms with Crippen molar-refractivity contribution >= 4 is 28.3 Å². The number of anilines is 1. The van der Waals surface area contributed by atoms with Crippen molar-refractivity contribution in [1.29, 1.82) is 0 Å². The van der Waals surface area contributed by atoms with Gasteiger partial charge in [0.15, 0.2) is 5.13 Å². The zero-order valence-corrected chi connectivity index (χ0v) is 14.2. The predicted molar refractivity (Wildman–Crippen MR) is 85.0 cm³/mol. The van der Waals surface area contributed by atoms with E-state index >= 15 is 0 Å². The summed E-state index contributed by atoms with van der Waals surface area (Å²) < 4.78 is 5.02. The highest BCUT2D eigenvalue weighted by molar-refractivity contribution is 7.17. The molecule has 1 atom stereocenters. The van der Waals surface area contributed by atoms with Crippen LogP contribution in [0.4, 0.5) is 5.13 Å². The van der Waals surface area contributed by atoms with Gasteiger partial charge in [0.1, 0.15) is 4.88 Å². The number of carbonyl (C=O) groups is 2. The Labute approximate surface area is 130 Å². The quantitative estimate of drug-likeness (QED) is 0.722. The second-order valence-electron chi connectivity index (χ2n) is 4.89. The molecule has 1 heterocycles. The van der Waals surface area contributed by atoms with E-state index in [2.05, 4.69) is 11.9 Å². The van der Waals surface area contributed by atoms with Crippen molar-refractivity contribution in [3.05, 3.63) is 10.6 Å². The number of amides is 1. The fraction of sp³-hybridized carbons (Fsp3) is 0.667. The third kappa shape index (κ3) is 4.27.